The van der Waals surface area contributed by atoms with Crippen LogP contribution in [0.2, 0.25) is 0 Å². The van der Waals surface area contributed by atoms with Crippen molar-refractivity contribution in [1.82, 2.24) is 19.9 Å². The average Bonchev–Trinajstić information content (AvgIpc) is 2.87. The molecule has 0 aliphatic heterocycles. The van der Waals surface area contributed by atoms with Crippen LogP contribution in [-0.2, 0) is 16.5 Å². The minimum Gasteiger partial charge on any atom is -0.497 e. The highest BCUT2D eigenvalue weighted by Crippen LogP contribution is 2.33. The van der Waals surface area contributed by atoms with Gasteiger partial charge >= 0.3 is 6.09 Å². The van der Waals surface area contributed by atoms with E-state index in [-0.39, 0.29) is 42.0 Å². The Morgan fingerprint density at radius 1 is 1.16 bits per heavy atom. The number of halogens is 1. The summed E-state index contributed by atoms with van der Waals surface area (Å²) in [4.78, 5) is 34.2. The maximum Gasteiger partial charge on any atom is 0.407 e. The van der Waals surface area contributed by atoms with E-state index < -0.39 is 23.1 Å². The van der Waals surface area contributed by atoms with Crippen LogP contribution in [0.15, 0.2) is 29.2 Å². The van der Waals surface area contributed by atoms with E-state index in [2.05, 4.69) is 20.6 Å². The van der Waals surface area contributed by atoms with Gasteiger partial charge in [0, 0.05) is 43.4 Å². The summed E-state index contributed by atoms with van der Waals surface area (Å²) in [7, 11) is 4.32. The zero-order valence-electron chi connectivity index (χ0n) is 22.7. The molecular formula is C26H34FN5O6. The van der Waals surface area contributed by atoms with Crippen molar-refractivity contribution in [3.63, 3.8) is 0 Å². The van der Waals surface area contributed by atoms with Gasteiger partial charge in [-0.2, -0.15) is 4.98 Å². The molecule has 0 aliphatic rings. The normalized spacial score (nSPS) is 12.2. The summed E-state index contributed by atoms with van der Waals surface area (Å²) >= 11 is 0. The molecule has 0 bridgehead atoms. The van der Waals surface area contributed by atoms with Gasteiger partial charge in [-0.3, -0.25) is 9.36 Å². The lowest BCUT2D eigenvalue weighted by Gasteiger charge is -2.22. The molecule has 1 amide bonds. The van der Waals surface area contributed by atoms with Crippen molar-refractivity contribution in [3.05, 3.63) is 40.6 Å². The van der Waals surface area contributed by atoms with Crippen molar-refractivity contribution >= 4 is 23.1 Å². The maximum atomic E-state index is 15.1. The number of hydrogen-bond acceptors (Lipinski definition) is 9. The summed E-state index contributed by atoms with van der Waals surface area (Å²) in [5.41, 5.74) is -0.613. The number of aromatic nitrogens is 3. The molecule has 1 atom stereocenters. The molecule has 2 aromatic heterocycles. The number of methoxy groups -OCH3 is 2. The number of rotatable bonds is 10. The van der Waals surface area contributed by atoms with E-state index in [0.29, 0.717) is 23.4 Å². The van der Waals surface area contributed by atoms with E-state index in [4.69, 9.17) is 18.9 Å². The summed E-state index contributed by atoms with van der Waals surface area (Å²) in [6, 6.07) is 3.99. The summed E-state index contributed by atoms with van der Waals surface area (Å²) in [6.45, 7) is 8.12. The van der Waals surface area contributed by atoms with E-state index in [1.54, 1.807) is 27.8 Å². The number of carbonyl (C=O) groups excluding carboxylic acids is 1. The Morgan fingerprint density at radius 2 is 1.89 bits per heavy atom. The largest absolute Gasteiger partial charge is 0.497 e. The average molecular weight is 532 g/mol. The van der Waals surface area contributed by atoms with Crippen LogP contribution >= 0.6 is 0 Å². The van der Waals surface area contributed by atoms with Crippen molar-refractivity contribution in [1.29, 1.82) is 0 Å². The van der Waals surface area contributed by atoms with Gasteiger partial charge in [-0.05, 0) is 39.8 Å². The lowest BCUT2D eigenvalue weighted by molar-refractivity contribution is 0.0517. The Bertz CT molecular complexity index is 1350. The topological polar surface area (TPSA) is 126 Å². The van der Waals surface area contributed by atoms with Crippen LogP contribution in [0.3, 0.4) is 0 Å². The molecule has 0 saturated carbocycles. The minimum atomic E-state index is -0.680. The third-order valence-electron chi connectivity index (χ3n) is 5.46. The second-order valence-corrected chi connectivity index (χ2v) is 9.47. The molecule has 0 spiro atoms. The summed E-state index contributed by atoms with van der Waals surface area (Å²) in [5.74, 6) is -0.153. The first-order valence-corrected chi connectivity index (χ1v) is 12.1. The molecule has 0 saturated heterocycles. The lowest BCUT2D eigenvalue weighted by atomic mass is 10.0. The second kappa shape index (κ2) is 12.1. The number of alkyl carbamates (subject to hydrolysis) is 1. The number of aryl methyl sites for hydroxylation is 1. The number of nitrogens with zero attached hydrogens (tertiary/aromatic N) is 3. The van der Waals surface area contributed by atoms with Crippen LogP contribution in [-0.4, -0.2) is 66.2 Å². The quantitative estimate of drug-likeness (QED) is 0.404. The van der Waals surface area contributed by atoms with Crippen molar-refractivity contribution in [2.45, 2.75) is 39.3 Å². The predicted octanol–water partition coefficient (Wildman–Crippen LogP) is 3.49. The van der Waals surface area contributed by atoms with E-state index in [9.17, 15) is 9.59 Å². The Balaban J connectivity index is 1.92. The number of anilines is 1. The Morgan fingerprint density at radius 3 is 2.53 bits per heavy atom. The molecule has 0 radical (unpaired) electrons. The molecule has 11 nitrogen and oxygen atoms in total. The Hall–Kier alpha value is -3.93. The fourth-order valence-corrected chi connectivity index (χ4v) is 3.66. The first-order chi connectivity index (χ1) is 18.0. The van der Waals surface area contributed by atoms with Gasteiger partial charge in [0.15, 0.2) is 11.6 Å². The van der Waals surface area contributed by atoms with Gasteiger partial charge in [-0.15, -0.1) is 0 Å². The van der Waals surface area contributed by atoms with E-state index >= 15 is 4.39 Å². The van der Waals surface area contributed by atoms with Gasteiger partial charge in [0.1, 0.15) is 17.0 Å². The van der Waals surface area contributed by atoms with Gasteiger partial charge in [0.05, 0.1) is 32.4 Å². The monoisotopic (exact) mass is 531 g/mol. The van der Waals surface area contributed by atoms with Gasteiger partial charge in [-0.25, -0.2) is 14.2 Å². The van der Waals surface area contributed by atoms with Crippen LogP contribution in [0.25, 0.3) is 22.2 Å². The smallest absolute Gasteiger partial charge is 0.407 e. The second-order valence-electron chi connectivity index (χ2n) is 9.47. The SMILES string of the molecule is CCOC[C@H](CNC(=O)OC(C)(C)C)Nc1ncc2cc(-c3cc(OC)cc(OC)c3F)c(=O)n(C)c2n1. The standard InChI is InChI=1S/C26H34FN5O6/c1-8-37-14-16(13-29-25(34)38-26(2,3)4)30-24-28-12-15-9-19(23(33)32(5)22(15)31-24)18-10-17(35-6)11-20(36-7)21(18)27/h9-12,16H,8,13-14H2,1-7H3,(H,29,34)(H,28,30,31)/t16-/m0/s1. The Labute approximate surface area is 220 Å². The van der Waals surface area contributed by atoms with Crippen LogP contribution < -0.4 is 25.7 Å². The molecule has 3 rings (SSSR count). The zero-order valence-corrected chi connectivity index (χ0v) is 22.7. The molecular weight excluding hydrogens is 497 g/mol. The molecule has 0 unspecified atom stereocenters. The van der Waals surface area contributed by atoms with Crippen molar-refractivity contribution in [2.75, 3.05) is 39.3 Å². The first-order valence-electron chi connectivity index (χ1n) is 12.1. The number of nitrogens with one attached hydrogen (secondary N) is 2. The molecule has 0 fully saturated rings. The minimum absolute atomic E-state index is 0.0379. The molecule has 0 aliphatic carbocycles. The molecule has 2 heterocycles. The summed E-state index contributed by atoms with van der Waals surface area (Å²) in [5, 5.41) is 6.35. The summed E-state index contributed by atoms with van der Waals surface area (Å²) < 4.78 is 37.6. The highest BCUT2D eigenvalue weighted by Gasteiger charge is 2.21. The number of benzene rings is 1. The molecule has 2 N–H and O–H groups in total. The summed E-state index contributed by atoms with van der Waals surface area (Å²) in [6.07, 6.45) is 0.971. The molecule has 38 heavy (non-hydrogen) atoms. The Kier molecular flexibility index (Phi) is 9.10. The molecule has 1 aromatic carbocycles. The highest BCUT2D eigenvalue weighted by atomic mass is 19.1. The molecule has 12 heteroatoms. The highest BCUT2D eigenvalue weighted by molar-refractivity contribution is 5.82. The van der Waals surface area contributed by atoms with Gasteiger partial charge < -0.3 is 29.6 Å². The van der Waals surface area contributed by atoms with E-state index in [1.165, 1.54) is 43.2 Å². The zero-order chi connectivity index (χ0) is 28.0. The van der Waals surface area contributed by atoms with Crippen molar-refractivity contribution in [2.24, 2.45) is 7.05 Å². The van der Waals surface area contributed by atoms with Gasteiger partial charge in [0.2, 0.25) is 5.95 Å². The molecule has 3 aromatic rings. The van der Waals surface area contributed by atoms with Crippen LogP contribution in [0, 0.1) is 5.82 Å². The third kappa shape index (κ3) is 6.88. The third-order valence-corrected chi connectivity index (χ3v) is 5.46. The number of fused-ring (bicyclic) bond motifs is 1. The van der Waals surface area contributed by atoms with Crippen LogP contribution in [0.5, 0.6) is 11.5 Å². The lowest BCUT2D eigenvalue weighted by Crippen LogP contribution is -2.42. The first kappa shape index (κ1) is 28.6. The fourth-order valence-electron chi connectivity index (χ4n) is 3.66. The van der Waals surface area contributed by atoms with Gasteiger partial charge in [-0.1, -0.05) is 0 Å². The maximum absolute atomic E-state index is 15.1. The van der Waals surface area contributed by atoms with E-state index in [0.717, 1.165) is 0 Å². The number of amides is 1. The van der Waals surface area contributed by atoms with Crippen molar-refractivity contribution in [3.8, 4) is 22.6 Å². The fraction of sp³-hybridized carbons (Fsp3) is 0.462. The molecule has 206 valence electrons. The predicted molar refractivity (Wildman–Crippen MR) is 141 cm³/mol. The van der Waals surface area contributed by atoms with E-state index in [1.807, 2.05) is 6.92 Å². The van der Waals surface area contributed by atoms with Crippen LogP contribution in [0.1, 0.15) is 27.7 Å². The number of hydrogen-bond donors (Lipinski definition) is 2. The number of pyridine rings is 1. The van der Waals surface area contributed by atoms with Crippen LogP contribution in [0.4, 0.5) is 15.1 Å². The number of carbonyl (C=O) groups is 1. The van der Waals surface area contributed by atoms with Gasteiger partial charge in [0.25, 0.3) is 5.56 Å². The van der Waals surface area contributed by atoms with Crippen molar-refractivity contribution < 1.29 is 28.1 Å². The number of ether oxygens (including phenoxy) is 4.